The third-order valence-corrected chi connectivity index (χ3v) is 4.15. The SMILES string of the molecule is c1ccc2c3c(ccc2c1)NSS3. The highest BCUT2D eigenvalue weighted by Crippen LogP contribution is 2.47. The summed E-state index contributed by atoms with van der Waals surface area (Å²) in [6.45, 7) is 0. The topological polar surface area (TPSA) is 12.0 Å². The van der Waals surface area contributed by atoms with Crippen molar-refractivity contribution in [2.24, 2.45) is 0 Å². The third kappa shape index (κ3) is 1.11. The minimum Gasteiger partial charge on any atom is -0.319 e. The number of nitrogens with one attached hydrogen (secondary N) is 1. The maximum absolute atomic E-state index is 3.27. The number of hydrogen-bond acceptors (Lipinski definition) is 3. The molecule has 1 nitrogen and oxygen atoms in total. The molecule has 1 aliphatic rings. The summed E-state index contributed by atoms with van der Waals surface area (Å²) in [5.74, 6) is 0. The molecule has 0 atom stereocenters. The van der Waals surface area contributed by atoms with Gasteiger partial charge in [-0.25, -0.2) is 0 Å². The first-order valence-corrected chi connectivity index (χ1v) is 6.21. The van der Waals surface area contributed by atoms with Gasteiger partial charge < -0.3 is 4.72 Å². The lowest BCUT2D eigenvalue weighted by molar-refractivity contribution is 1.56. The lowest BCUT2D eigenvalue weighted by Gasteiger charge is -2.01. The Morgan fingerprint density at radius 1 is 1.00 bits per heavy atom. The maximum atomic E-state index is 3.27. The van der Waals surface area contributed by atoms with Crippen molar-refractivity contribution in [3.8, 4) is 0 Å². The molecule has 0 saturated carbocycles. The molecule has 1 N–H and O–H groups in total. The van der Waals surface area contributed by atoms with Crippen molar-refractivity contribution in [1.82, 2.24) is 0 Å². The Balaban J connectivity index is 2.43. The zero-order valence-electron chi connectivity index (χ0n) is 6.78. The monoisotopic (exact) mass is 205 g/mol. The van der Waals surface area contributed by atoms with Crippen molar-refractivity contribution in [1.29, 1.82) is 0 Å². The maximum Gasteiger partial charge on any atom is 0.0600 e. The quantitative estimate of drug-likeness (QED) is 0.517. The molecule has 0 saturated heterocycles. The van der Waals surface area contributed by atoms with E-state index in [2.05, 4.69) is 41.1 Å². The van der Waals surface area contributed by atoms with E-state index in [9.17, 15) is 0 Å². The average Bonchev–Trinajstić information content (AvgIpc) is 2.65. The molecule has 0 aromatic heterocycles. The first-order valence-electron chi connectivity index (χ1n) is 4.06. The average molecular weight is 205 g/mol. The van der Waals surface area contributed by atoms with Gasteiger partial charge in [-0.2, -0.15) is 0 Å². The van der Waals surface area contributed by atoms with Crippen molar-refractivity contribution in [3.63, 3.8) is 0 Å². The fourth-order valence-corrected chi connectivity index (χ4v) is 3.64. The van der Waals surface area contributed by atoms with Crippen molar-refractivity contribution in [3.05, 3.63) is 36.4 Å². The van der Waals surface area contributed by atoms with Crippen molar-refractivity contribution < 1.29 is 0 Å². The largest absolute Gasteiger partial charge is 0.319 e. The smallest absolute Gasteiger partial charge is 0.0600 e. The van der Waals surface area contributed by atoms with Gasteiger partial charge in [0.1, 0.15) is 0 Å². The third-order valence-electron chi connectivity index (χ3n) is 2.16. The molecule has 2 aromatic rings. The number of benzene rings is 2. The minimum absolute atomic E-state index is 1.24. The summed E-state index contributed by atoms with van der Waals surface area (Å²) >= 11 is 0. The number of anilines is 1. The summed E-state index contributed by atoms with van der Waals surface area (Å²) in [5.41, 5.74) is 1.24. The van der Waals surface area contributed by atoms with Gasteiger partial charge in [-0.3, -0.25) is 0 Å². The van der Waals surface area contributed by atoms with Crippen LogP contribution in [0.3, 0.4) is 0 Å². The van der Waals surface area contributed by atoms with Crippen LogP contribution in [0.1, 0.15) is 0 Å². The molecule has 0 radical (unpaired) electrons. The van der Waals surface area contributed by atoms with E-state index in [1.54, 1.807) is 21.8 Å². The molecule has 3 heteroatoms. The molecule has 1 heterocycles. The summed E-state index contributed by atoms with van der Waals surface area (Å²) in [6.07, 6.45) is 0. The van der Waals surface area contributed by atoms with E-state index in [1.165, 1.54) is 21.4 Å². The van der Waals surface area contributed by atoms with Crippen LogP contribution in [0.25, 0.3) is 10.8 Å². The van der Waals surface area contributed by atoms with Gasteiger partial charge in [0, 0.05) is 11.0 Å². The van der Waals surface area contributed by atoms with E-state index in [4.69, 9.17) is 0 Å². The zero-order valence-corrected chi connectivity index (χ0v) is 8.41. The van der Waals surface area contributed by atoms with Crippen LogP contribution in [-0.2, 0) is 0 Å². The van der Waals surface area contributed by atoms with Crippen molar-refractivity contribution in [2.45, 2.75) is 4.90 Å². The fourth-order valence-electron chi connectivity index (χ4n) is 1.52. The predicted octanol–water partition coefficient (Wildman–Crippen LogP) is 3.92. The molecule has 0 unspecified atom stereocenters. The van der Waals surface area contributed by atoms with E-state index in [1.807, 2.05) is 0 Å². The van der Waals surface area contributed by atoms with Crippen LogP contribution in [0.15, 0.2) is 41.3 Å². The molecule has 13 heavy (non-hydrogen) atoms. The standard InChI is InChI=1S/C10H7NS2/c1-2-4-8-7(3-1)5-6-9-10(8)12-13-11-9/h1-6,11H. The zero-order chi connectivity index (χ0) is 8.67. The van der Waals surface area contributed by atoms with E-state index >= 15 is 0 Å². The lowest BCUT2D eigenvalue weighted by Crippen LogP contribution is -1.79. The van der Waals surface area contributed by atoms with Gasteiger partial charge in [0.05, 0.1) is 10.6 Å². The highest BCUT2D eigenvalue weighted by Gasteiger charge is 2.13. The molecule has 2 aromatic carbocycles. The van der Waals surface area contributed by atoms with E-state index in [-0.39, 0.29) is 0 Å². The first-order chi connectivity index (χ1) is 6.45. The second-order valence-electron chi connectivity index (χ2n) is 2.93. The van der Waals surface area contributed by atoms with Crippen molar-refractivity contribution in [2.75, 3.05) is 4.72 Å². The molecule has 0 aliphatic carbocycles. The molecule has 0 fully saturated rings. The van der Waals surface area contributed by atoms with Crippen LogP contribution >= 0.6 is 21.8 Å². The molecule has 0 bridgehead atoms. The molecule has 64 valence electrons. The molecular weight excluding hydrogens is 198 g/mol. The summed E-state index contributed by atoms with van der Waals surface area (Å²) in [4.78, 5) is 1.36. The van der Waals surface area contributed by atoms with Crippen molar-refractivity contribution >= 4 is 38.2 Å². The fraction of sp³-hybridized carbons (Fsp3) is 0. The first kappa shape index (κ1) is 7.59. The lowest BCUT2D eigenvalue weighted by atomic mass is 10.1. The Morgan fingerprint density at radius 2 is 1.92 bits per heavy atom. The number of fused-ring (bicyclic) bond motifs is 3. The normalized spacial score (nSPS) is 14.2. The Bertz CT molecular complexity index is 467. The molecule has 1 aliphatic heterocycles. The van der Waals surface area contributed by atoms with Gasteiger partial charge >= 0.3 is 0 Å². The van der Waals surface area contributed by atoms with Gasteiger partial charge in [-0.05, 0) is 27.6 Å². The van der Waals surface area contributed by atoms with Gasteiger partial charge in [0.15, 0.2) is 0 Å². The Morgan fingerprint density at radius 3 is 2.92 bits per heavy atom. The Hall–Kier alpha value is -0.800. The Labute approximate surface area is 84.4 Å². The minimum atomic E-state index is 1.24. The molecule has 3 rings (SSSR count). The second-order valence-corrected chi connectivity index (χ2v) is 4.88. The highest BCUT2D eigenvalue weighted by atomic mass is 33.1. The van der Waals surface area contributed by atoms with Crippen LogP contribution < -0.4 is 4.72 Å². The Kier molecular flexibility index (Phi) is 1.67. The summed E-state index contributed by atoms with van der Waals surface area (Å²) in [6, 6.07) is 12.8. The van der Waals surface area contributed by atoms with Gasteiger partial charge in [-0.15, -0.1) is 0 Å². The van der Waals surface area contributed by atoms with E-state index in [0.29, 0.717) is 0 Å². The summed E-state index contributed by atoms with van der Waals surface area (Å²) < 4.78 is 3.27. The number of hydrogen-bond donors (Lipinski definition) is 1. The van der Waals surface area contributed by atoms with Crippen LogP contribution in [0, 0.1) is 0 Å². The summed E-state index contributed by atoms with van der Waals surface area (Å²) in [5, 5.41) is 2.67. The predicted molar refractivity (Wildman–Crippen MR) is 61.0 cm³/mol. The van der Waals surface area contributed by atoms with Crippen LogP contribution in [0.2, 0.25) is 0 Å². The van der Waals surface area contributed by atoms with Gasteiger partial charge in [-0.1, -0.05) is 30.3 Å². The second kappa shape index (κ2) is 2.86. The van der Waals surface area contributed by atoms with Gasteiger partial charge in [0.25, 0.3) is 0 Å². The molecule has 0 amide bonds. The molecular formula is C10H7NS2. The molecule has 0 spiro atoms. The van der Waals surface area contributed by atoms with E-state index < -0.39 is 0 Å². The van der Waals surface area contributed by atoms with Crippen LogP contribution in [-0.4, -0.2) is 0 Å². The number of rotatable bonds is 0. The van der Waals surface area contributed by atoms with Crippen LogP contribution in [0.5, 0.6) is 0 Å². The van der Waals surface area contributed by atoms with Crippen LogP contribution in [0.4, 0.5) is 5.69 Å². The highest BCUT2D eigenvalue weighted by molar-refractivity contribution is 8.77. The summed E-state index contributed by atoms with van der Waals surface area (Å²) in [7, 11) is 3.49. The van der Waals surface area contributed by atoms with E-state index in [0.717, 1.165) is 0 Å². The van der Waals surface area contributed by atoms with Gasteiger partial charge in [0.2, 0.25) is 0 Å².